The fraction of sp³-hybridized carbons (Fsp3) is 0.333. The standard InChI is InChI=1S/C18H18F2N2O2/c1-11-9-22(10-18(11,19)20)17(24)15-8-14(12(2)21-16(15)23)13-6-4-3-5-7-13/h3-8,11H,9-10H2,1-2H3,(H,21,23). The molecule has 1 aliphatic heterocycles. The highest BCUT2D eigenvalue weighted by Crippen LogP contribution is 2.33. The molecule has 1 unspecified atom stereocenters. The van der Waals surface area contributed by atoms with Crippen molar-refractivity contribution in [3.63, 3.8) is 0 Å². The lowest BCUT2D eigenvalue weighted by Gasteiger charge is -2.16. The third kappa shape index (κ3) is 2.84. The molecule has 3 rings (SSSR count). The van der Waals surface area contributed by atoms with E-state index in [1.54, 1.807) is 6.92 Å². The van der Waals surface area contributed by atoms with Crippen LogP contribution in [0.4, 0.5) is 8.78 Å². The van der Waals surface area contributed by atoms with E-state index < -0.39 is 29.9 Å². The van der Waals surface area contributed by atoms with Gasteiger partial charge in [0.2, 0.25) is 0 Å². The molecule has 6 heteroatoms. The van der Waals surface area contributed by atoms with E-state index in [1.165, 1.54) is 13.0 Å². The van der Waals surface area contributed by atoms with Gasteiger partial charge in [0.15, 0.2) is 0 Å². The molecule has 1 aliphatic rings. The molecule has 1 aromatic carbocycles. The summed E-state index contributed by atoms with van der Waals surface area (Å²) >= 11 is 0. The van der Waals surface area contributed by atoms with Crippen molar-refractivity contribution in [2.24, 2.45) is 5.92 Å². The third-order valence-corrected chi connectivity index (χ3v) is 4.46. The van der Waals surface area contributed by atoms with Gasteiger partial charge in [-0.1, -0.05) is 37.3 Å². The van der Waals surface area contributed by atoms with E-state index in [0.717, 1.165) is 10.5 Å². The molecule has 2 heterocycles. The Bertz CT molecular complexity index is 831. The van der Waals surface area contributed by atoms with Crippen LogP contribution in [-0.2, 0) is 0 Å². The van der Waals surface area contributed by atoms with E-state index in [9.17, 15) is 18.4 Å². The SMILES string of the molecule is Cc1[nH]c(=O)c(C(=O)N2CC(C)C(F)(F)C2)cc1-c1ccccc1. The molecule has 4 nitrogen and oxygen atoms in total. The average Bonchev–Trinajstić information content (AvgIpc) is 2.81. The second kappa shape index (κ2) is 5.85. The molecule has 0 spiro atoms. The lowest BCUT2D eigenvalue weighted by Crippen LogP contribution is -2.35. The van der Waals surface area contributed by atoms with Gasteiger partial charge in [0, 0.05) is 23.7 Å². The number of nitrogens with zero attached hydrogens (tertiary/aromatic N) is 1. The van der Waals surface area contributed by atoms with Crippen LogP contribution >= 0.6 is 0 Å². The predicted octanol–water partition coefficient (Wildman–Crippen LogP) is 3.08. The van der Waals surface area contributed by atoms with E-state index in [2.05, 4.69) is 4.98 Å². The Hall–Kier alpha value is -2.50. The summed E-state index contributed by atoms with van der Waals surface area (Å²) in [7, 11) is 0. The highest BCUT2D eigenvalue weighted by molar-refractivity contribution is 5.95. The van der Waals surface area contributed by atoms with Crippen LogP contribution in [0.5, 0.6) is 0 Å². The third-order valence-electron chi connectivity index (χ3n) is 4.46. The number of likely N-dealkylation sites (tertiary alicyclic amines) is 1. The lowest BCUT2D eigenvalue weighted by atomic mass is 10.0. The fourth-order valence-corrected chi connectivity index (χ4v) is 2.96. The molecule has 0 aliphatic carbocycles. The monoisotopic (exact) mass is 332 g/mol. The number of aromatic amines is 1. The summed E-state index contributed by atoms with van der Waals surface area (Å²) in [6.07, 6.45) is 0. The fourth-order valence-electron chi connectivity index (χ4n) is 2.96. The van der Waals surface area contributed by atoms with Crippen molar-refractivity contribution in [3.05, 3.63) is 58.0 Å². The van der Waals surface area contributed by atoms with Crippen LogP contribution in [0.2, 0.25) is 0 Å². The number of carbonyl (C=O) groups is 1. The molecular weight excluding hydrogens is 314 g/mol. The maximum Gasteiger partial charge on any atom is 0.269 e. The normalized spacial score (nSPS) is 19.5. The molecule has 0 bridgehead atoms. The quantitative estimate of drug-likeness (QED) is 0.919. The number of hydrogen-bond acceptors (Lipinski definition) is 2. The van der Waals surface area contributed by atoms with Gasteiger partial charge in [-0.2, -0.15) is 0 Å². The maximum absolute atomic E-state index is 13.7. The second-order valence-corrected chi connectivity index (χ2v) is 6.26. The van der Waals surface area contributed by atoms with Gasteiger partial charge >= 0.3 is 0 Å². The number of halogens is 2. The van der Waals surface area contributed by atoms with Gasteiger partial charge in [0.25, 0.3) is 17.4 Å². The van der Waals surface area contributed by atoms with E-state index in [1.807, 2.05) is 30.3 Å². The summed E-state index contributed by atoms with van der Waals surface area (Å²) in [5, 5.41) is 0. The molecule has 1 fully saturated rings. The van der Waals surface area contributed by atoms with Crippen LogP contribution < -0.4 is 5.56 Å². The molecule has 1 amide bonds. The Labute approximate surface area is 138 Å². The van der Waals surface area contributed by atoms with Gasteiger partial charge in [-0.25, -0.2) is 8.78 Å². The molecule has 24 heavy (non-hydrogen) atoms. The van der Waals surface area contributed by atoms with Gasteiger partial charge < -0.3 is 9.88 Å². The van der Waals surface area contributed by atoms with Gasteiger partial charge in [-0.3, -0.25) is 9.59 Å². The van der Waals surface area contributed by atoms with E-state index in [-0.39, 0.29) is 12.1 Å². The summed E-state index contributed by atoms with van der Waals surface area (Å²) in [5.41, 5.74) is 1.52. The zero-order chi connectivity index (χ0) is 17.5. The Morgan fingerprint density at radius 2 is 1.96 bits per heavy atom. The summed E-state index contributed by atoms with van der Waals surface area (Å²) in [6.45, 7) is 2.44. The van der Waals surface area contributed by atoms with Crippen LogP contribution in [0.15, 0.2) is 41.2 Å². The number of benzene rings is 1. The first kappa shape index (κ1) is 16.4. The van der Waals surface area contributed by atoms with Crippen molar-refractivity contribution in [3.8, 4) is 11.1 Å². The van der Waals surface area contributed by atoms with Gasteiger partial charge in [-0.15, -0.1) is 0 Å². The first-order valence-corrected chi connectivity index (χ1v) is 7.76. The molecule has 0 saturated carbocycles. The Morgan fingerprint density at radius 1 is 1.29 bits per heavy atom. The summed E-state index contributed by atoms with van der Waals surface area (Å²) < 4.78 is 27.4. The van der Waals surface area contributed by atoms with Gasteiger partial charge in [-0.05, 0) is 18.6 Å². The van der Waals surface area contributed by atoms with Crippen LogP contribution in [-0.4, -0.2) is 34.8 Å². The van der Waals surface area contributed by atoms with Gasteiger partial charge in [0.1, 0.15) is 5.56 Å². The summed E-state index contributed by atoms with van der Waals surface area (Å²) in [6, 6.07) is 10.8. The van der Waals surface area contributed by atoms with Crippen molar-refractivity contribution in [2.75, 3.05) is 13.1 Å². The van der Waals surface area contributed by atoms with Crippen LogP contribution in [0.1, 0.15) is 23.0 Å². The van der Waals surface area contributed by atoms with E-state index >= 15 is 0 Å². The number of H-pyrrole nitrogens is 1. The van der Waals surface area contributed by atoms with Crippen LogP contribution in [0, 0.1) is 12.8 Å². The number of carbonyl (C=O) groups excluding carboxylic acids is 1. The Kier molecular flexibility index (Phi) is 3.99. The molecule has 0 radical (unpaired) electrons. The van der Waals surface area contributed by atoms with Crippen molar-refractivity contribution in [2.45, 2.75) is 19.8 Å². The molecule has 1 atom stereocenters. The molecule has 1 saturated heterocycles. The zero-order valence-corrected chi connectivity index (χ0v) is 13.5. The first-order valence-electron chi connectivity index (χ1n) is 7.76. The number of nitrogens with one attached hydrogen (secondary N) is 1. The second-order valence-electron chi connectivity index (χ2n) is 6.26. The largest absolute Gasteiger partial charge is 0.332 e. The van der Waals surface area contributed by atoms with Crippen LogP contribution in [0.25, 0.3) is 11.1 Å². The molecule has 2 aromatic rings. The molecule has 1 aromatic heterocycles. The minimum absolute atomic E-state index is 0.0557. The number of hydrogen-bond donors (Lipinski definition) is 1. The minimum Gasteiger partial charge on any atom is -0.332 e. The zero-order valence-electron chi connectivity index (χ0n) is 13.5. The lowest BCUT2D eigenvalue weighted by molar-refractivity contribution is -0.0202. The van der Waals surface area contributed by atoms with Crippen LogP contribution in [0.3, 0.4) is 0 Å². The topological polar surface area (TPSA) is 53.2 Å². The average molecular weight is 332 g/mol. The number of aryl methyl sites for hydroxylation is 1. The number of alkyl halides is 2. The van der Waals surface area contributed by atoms with Crippen molar-refractivity contribution in [1.82, 2.24) is 9.88 Å². The molecule has 1 N–H and O–H groups in total. The first-order chi connectivity index (χ1) is 11.3. The minimum atomic E-state index is -2.92. The van der Waals surface area contributed by atoms with Crippen molar-refractivity contribution < 1.29 is 13.6 Å². The maximum atomic E-state index is 13.7. The van der Waals surface area contributed by atoms with Gasteiger partial charge in [0.05, 0.1) is 6.54 Å². The highest BCUT2D eigenvalue weighted by atomic mass is 19.3. The molecule has 126 valence electrons. The number of amides is 1. The predicted molar refractivity (Wildman–Crippen MR) is 87.3 cm³/mol. The van der Waals surface area contributed by atoms with Crippen molar-refractivity contribution in [1.29, 1.82) is 0 Å². The molecular formula is C18H18F2N2O2. The summed E-state index contributed by atoms with van der Waals surface area (Å²) in [5.74, 6) is -4.49. The Morgan fingerprint density at radius 3 is 2.54 bits per heavy atom. The number of aromatic nitrogens is 1. The van der Waals surface area contributed by atoms with E-state index in [4.69, 9.17) is 0 Å². The van der Waals surface area contributed by atoms with E-state index in [0.29, 0.717) is 11.3 Å². The number of pyridine rings is 1. The van der Waals surface area contributed by atoms with Crippen molar-refractivity contribution >= 4 is 5.91 Å². The number of rotatable bonds is 2. The highest BCUT2D eigenvalue weighted by Gasteiger charge is 2.47. The summed E-state index contributed by atoms with van der Waals surface area (Å²) in [4.78, 5) is 28.4. The Balaban J connectivity index is 2.00. The smallest absolute Gasteiger partial charge is 0.269 e.